The van der Waals surface area contributed by atoms with Gasteiger partial charge in [0.05, 0.1) is 6.61 Å². The predicted octanol–water partition coefficient (Wildman–Crippen LogP) is 15.0. The zero-order valence-electron chi connectivity index (χ0n) is 47.4. The van der Waals surface area contributed by atoms with Crippen LogP contribution in [0.1, 0.15) is 201 Å². The van der Waals surface area contributed by atoms with Crippen LogP contribution in [0.3, 0.4) is 0 Å². The van der Waals surface area contributed by atoms with Gasteiger partial charge in [0.2, 0.25) is 0 Å². The zero-order valence-corrected chi connectivity index (χ0v) is 47.4. The molecule has 6 unspecified atom stereocenters. The number of carbonyl (C=O) groups excluding carboxylic acids is 3. The number of unbranched alkanes of at least 4 members (excludes halogenated alkanes) is 11. The molecule has 1 aliphatic heterocycles. The molecule has 0 amide bonds. The lowest BCUT2D eigenvalue weighted by Gasteiger charge is -2.40. The minimum absolute atomic E-state index is 0.0268. The Labute approximate surface area is 464 Å². The SMILES string of the molecule is CC/C=C\C/C=C\C/C=C\C/C=C\CCCCCCCCC(=O)OC1C(OCC(COC(=O)CCCCCCC/C=C\C/C=C\C/C=C\CC)OC(=O)CC/C=C\C/C=C\C/C=C\C/C=C\CC)OC(C(=O)O)C(O)C1O. The average molecular weight is 1070 g/mol. The van der Waals surface area contributed by atoms with Gasteiger partial charge < -0.3 is 39.0 Å². The highest BCUT2D eigenvalue weighted by molar-refractivity contribution is 5.74. The minimum atomic E-state index is -1.93. The lowest BCUT2D eigenvalue weighted by Crippen LogP contribution is -2.61. The summed E-state index contributed by atoms with van der Waals surface area (Å²) in [4.78, 5) is 51.1. The molecule has 0 aromatic carbocycles. The topological polar surface area (TPSA) is 175 Å². The van der Waals surface area contributed by atoms with Gasteiger partial charge in [0, 0.05) is 19.3 Å². The van der Waals surface area contributed by atoms with Crippen molar-refractivity contribution >= 4 is 23.9 Å². The molecule has 3 N–H and O–H groups in total. The first kappa shape index (κ1) is 69.9. The predicted molar refractivity (Wildman–Crippen MR) is 312 cm³/mol. The second-order valence-electron chi connectivity index (χ2n) is 19.1. The average Bonchev–Trinajstić information content (AvgIpc) is 3.42. The van der Waals surface area contributed by atoms with Gasteiger partial charge in [-0.3, -0.25) is 14.4 Å². The maximum Gasteiger partial charge on any atom is 0.335 e. The lowest BCUT2D eigenvalue weighted by atomic mass is 9.98. The van der Waals surface area contributed by atoms with Crippen molar-refractivity contribution in [3.8, 4) is 0 Å². The van der Waals surface area contributed by atoms with E-state index >= 15 is 0 Å². The Morgan fingerprint density at radius 1 is 0.429 bits per heavy atom. The fourth-order valence-electron chi connectivity index (χ4n) is 7.86. The minimum Gasteiger partial charge on any atom is -0.479 e. The van der Waals surface area contributed by atoms with Gasteiger partial charge in [0.1, 0.15) is 18.8 Å². The van der Waals surface area contributed by atoms with Gasteiger partial charge in [-0.05, 0) is 116 Å². The Balaban J connectivity index is 2.74. The van der Waals surface area contributed by atoms with Gasteiger partial charge in [-0.2, -0.15) is 0 Å². The summed E-state index contributed by atoms with van der Waals surface area (Å²) in [6.45, 7) is 5.55. The molecule has 1 heterocycles. The van der Waals surface area contributed by atoms with Crippen molar-refractivity contribution in [3.63, 3.8) is 0 Å². The van der Waals surface area contributed by atoms with Gasteiger partial charge in [-0.15, -0.1) is 0 Å². The molecule has 1 aliphatic rings. The van der Waals surface area contributed by atoms with Crippen LogP contribution < -0.4 is 0 Å². The Hall–Kier alpha value is -5.14. The van der Waals surface area contributed by atoms with Crippen LogP contribution in [0.2, 0.25) is 0 Å². The molecule has 0 saturated carbocycles. The number of allylic oxidation sites excluding steroid dienone is 22. The number of aliphatic carboxylic acids is 1. The molecule has 77 heavy (non-hydrogen) atoms. The summed E-state index contributed by atoms with van der Waals surface area (Å²) in [5, 5.41) is 31.5. The van der Waals surface area contributed by atoms with Crippen LogP contribution in [0.25, 0.3) is 0 Å². The van der Waals surface area contributed by atoms with E-state index < -0.39 is 67.3 Å². The van der Waals surface area contributed by atoms with Gasteiger partial charge in [-0.1, -0.05) is 199 Å². The molecule has 6 atom stereocenters. The monoisotopic (exact) mass is 1070 g/mol. The number of carbonyl (C=O) groups is 4. The van der Waals surface area contributed by atoms with E-state index in [-0.39, 0.29) is 25.9 Å². The van der Waals surface area contributed by atoms with Crippen molar-refractivity contribution in [3.05, 3.63) is 134 Å². The Bertz CT molecular complexity index is 1850. The molecule has 12 nitrogen and oxygen atoms in total. The Kier molecular flexibility index (Phi) is 46.8. The van der Waals surface area contributed by atoms with Crippen LogP contribution in [0.4, 0.5) is 0 Å². The normalized spacial score (nSPS) is 19.0. The number of ether oxygens (including phenoxy) is 5. The van der Waals surface area contributed by atoms with E-state index in [1.807, 2.05) is 12.2 Å². The number of esters is 3. The molecule has 1 rings (SSSR count). The van der Waals surface area contributed by atoms with Crippen LogP contribution >= 0.6 is 0 Å². The highest BCUT2D eigenvalue weighted by Crippen LogP contribution is 2.26. The number of aliphatic hydroxyl groups excluding tert-OH is 2. The van der Waals surface area contributed by atoms with Crippen molar-refractivity contribution in [2.24, 2.45) is 0 Å². The van der Waals surface area contributed by atoms with E-state index in [9.17, 15) is 34.5 Å². The van der Waals surface area contributed by atoms with Crippen molar-refractivity contribution in [2.45, 2.75) is 237 Å². The van der Waals surface area contributed by atoms with E-state index in [0.29, 0.717) is 25.7 Å². The molecular weight excluding hydrogens is 973 g/mol. The first-order valence-corrected chi connectivity index (χ1v) is 29.2. The summed E-state index contributed by atoms with van der Waals surface area (Å²) >= 11 is 0. The molecule has 0 aromatic heterocycles. The van der Waals surface area contributed by atoms with E-state index in [4.69, 9.17) is 23.7 Å². The second kappa shape index (κ2) is 51.6. The van der Waals surface area contributed by atoms with Crippen LogP contribution in [0.5, 0.6) is 0 Å². The van der Waals surface area contributed by atoms with Gasteiger partial charge >= 0.3 is 23.9 Å². The van der Waals surface area contributed by atoms with Gasteiger partial charge in [0.25, 0.3) is 0 Å². The summed E-state index contributed by atoms with van der Waals surface area (Å²) in [5.74, 6) is -3.29. The summed E-state index contributed by atoms with van der Waals surface area (Å²) < 4.78 is 28.3. The van der Waals surface area contributed by atoms with Crippen LogP contribution in [-0.2, 0) is 42.9 Å². The molecule has 0 radical (unpaired) electrons. The van der Waals surface area contributed by atoms with E-state index in [1.165, 1.54) is 0 Å². The van der Waals surface area contributed by atoms with E-state index in [1.54, 1.807) is 0 Å². The third kappa shape index (κ3) is 41.6. The molecule has 432 valence electrons. The fourth-order valence-corrected chi connectivity index (χ4v) is 7.86. The third-order valence-electron chi connectivity index (χ3n) is 12.2. The number of hydrogen-bond donors (Lipinski definition) is 3. The van der Waals surface area contributed by atoms with Crippen LogP contribution in [0, 0.1) is 0 Å². The highest BCUT2D eigenvalue weighted by Gasteiger charge is 2.50. The third-order valence-corrected chi connectivity index (χ3v) is 12.2. The van der Waals surface area contributed by atoms with E-state index in [0.717, 1.165) is 135 Å². The van der Waals surface area contributed by atoms with Gasteiger partial charge in [0.15, 0.2) is 24.6 Å². The molecule has 0 aromatic rings. The number of aliphatic hydroxyl groups is 2. The number of carboxylic acid groups (broad SMARTS) is 1. The second-order valence-corrected chi connectivity index (χ2v) is 19.1. The summed E-state index contributed by atoms with van der Waals surface area (Å²) in [6.07, 6.45) is 60.1. The molecule has 1 fully saturated rings. The molecule has 12 heteroatoms. The smallest absolute Gasteiger partial charge is 0.335 e. The Morgan fingerprint density at radius 3 is 1.23 bits per heavy atom. The molecular formula is C65H100O12. The van der Waals surface area contributed by atoms with Crippen LogP contribution in [-0.4, -0.2) is 89.2 Å². The number of rotatable bonds is 47. The molecule has 0 aliphatic carbocycles. The maximum atomic E-state index is 13.1. The summed E-state index contributed by atoms with van der Waals surface area (Å²) in [6, 6.07) is 0. The standard InChI is InChI=1S/C65H100O12/c1-4-7-10-13-16-19-22-25-27-28-29-30-32-35-38-41-44-47-50-53-59(68)76-63-61(70)60(69)62(64(71)72)77-65(63)74-55-56(75-58(67)52-49-46-43-40-37-33-24-21-18-15-12-9-6-3)54-73-57(66)51-48-45-42-39-36-34-31-26-23-20-17-14-11-8-5-2/h7-12,16-21,25-27,29-31,33,37,43,46,56,60-63,65,69-70H,4-6,13-15,22-24,28,32,34-36,38-42,44-45,47-55H2,1-3H3,(H,71,72)/b10-7-,11-8-,12-9-,19-16-,20-17-,21-18-,27-25-,30-29-,31-26-,37-33-,46-43-. The molecule has 0 bridgehead atoms. The summed E-state index contributed by atoms with van der Waals surface area (Å²) in [5.41, 5.74) is 0. The lowest BCUT2D eigenvalue weighted by molar-refractivity contribution is -0.301. The quantitative estimate of drug-likeness (QED) is 0.0228. The Morgan fingerprint density at radius 2 is 0.805 bits per heavy atom. The van der Waals surface area contributed by atoms with E-state index in [2.05, 4.69) is 142 Å². The zero-order chi connectivity index (χ0) is 56.1. The van der Waals surface area contributed by atoms with Crippen LogP contribution in [0.15, 0.2) is 134 Å². The van der Waals surface area contributed by atoms with Crippen molar-refractivity contribution in [1.82, 2.24) is 0 Å². The summed E-state index contributed by atoms with van der Waals surface area (Å²) in [7, 11) is 0. The first-order chi connectivity index (χ1) is 37.6. The largest absolute Gasteiger partial charge is 0.479 e. The molecule has 0 spiro atoms. The fraction of sp³-hybridized carbons (Fsp3) is 0.600. The van der Waals surface area contributed by atoms with Crippen molar-refractivity contribution < 1.29 is 58.2 Å². The molecule has 1 saturated heterocycles. The number of carboxylic acids is 1. The van der Waals surface area contributed by atoms with Crippen molar-refractivity contribution in [2.75, 3.05) is 13.2 Å². The van der Waals surface area contributed by atoms with Gasteiger partial charge in [-0.25, -0.2) is 4.79 Å². The first-order valence-electron chi connectivity index (χ1n) is 29.2. The maximum absolute atomic E-state index is 13.1. The highest BCUT2D eigenvalue weighted by atomic mass is 16.7. The van der Waals surface area contributed by atoms with Crippen molar-refractivity contribution in [1.29, 1.82) is 0 Å². The number of hydrogen-bond acceptors (Lipinski definition) is 11.